The molecule has 2 unspecified atom stereocenters. The maximum atomic E-state index is 12.4. The lowest BCUT2D eigenvalue weighted by Gasteiger charge is -2.30. The number of carbonyl (C=O) groups excluding carboxylic acids is 2. The van der Waals surface area contributed by atoms with Crippen molar-refractivity contribution in [1.29, 1.82) is 0 Å². The molecule has 6 nitrogen and oxygen atoms in total. The van der Waals surface area contributed by atoms with E-state index in [1.807, 2.05) is 37.3 Å². The Bertz CT molecular complexity index is 685. The Morgan fingerprint density at radius 1 is 1.21 bits per heavy atom. The van der Waals surface area contributed by atoms with E-state index in [0.29, 0.717) is 0 Å². The SMILES string of the molecule is COC(=O)C(C(NC(=O)OCc1ccccc1)C(C)=C1SCCCS1)[C@@H](C)O. The first-order chi connectivity index (χ1) is 13.4. The number of hydrogen-bond acceptors (Lipinski definition) is 7. The molecule has 1 aromatic carbocycles. The first kappa shape index (κ1) is 22.6. The summed E-state index contributed by atoms with van der Waals surface area (Å²) in [6.07, 6.45) is -0.532. The number of aliphatic hydroxyl groups is 1. The lowest BCUT2D eigenvalue weighted by atomic mass is 9.90. The smallest absolute Gasteiger partial charge is 0.407 e. The van der Waals surface area contributed by atoms with Gasteiger partial charge in [-0.1, -0.05) is 30.3 Å². The number of aliphatic hydroxyl groups excluding tert-OH is 1. The summed E-state index contributed by atoms with van der Waals surface area (Å²) in [5.41, 5.74) is 1.70. The fraction of sp³-hybridized carbons (Fsp3) is 0.500. The van der Waals surface area contributed by atoms with Crippen LogP contribution in [0.3, 0.4) is 0 Å². The van der Waals surface area contributed by atoms with Gasteiger partial charge in [0.25, 0.3) is 0 Å². The third kappa shape index (κ3) is 6.46. The second-order valence-electron chi connectivity index (χ2n) is 6.49. The van der Waals surface area contributed by atoms with E-state index in [4.69, 9.17) is 9.47 Å². The van der Waals surface area contributed by atoms with Gasteiger partial charge in [-0.3, -0.25) is 4.79 Å². The molecule has 1 aliphatic rings. The Labute approximate surface area is 174 Å². The van der Waals surface area contributed by atoms with Gasteiger partial charge in [0.2, 0.25) is 0 Å². The number of rotatable bonds is 7. The summed E-state index contributed by atoms with van der Waals surface area (Å²) in [5, 5.41) is 13.0. The molecule has 2 rings (SSSR count). The van der Waals surface area contributed by atoms with Crippen LogP contribution in [-0.4, -0.2) is 47.9 Å². The van der Waals surface area contributed by atoms with Crippen LogP contribution in [0.5, 0.6) is 0 Å². The second-order valence-corrected chi connectivity index (χ2v) is 8.96. The topological polar surface area (TPSA) is 84.9 Å². The molecule has 0 radical (unpaired) electrons. The average Bonchev–Trinajstić information content (AvgIpc) is 2.72. The van der Waals surface area contributed by atoms with E-state index in [1.165, 1.54) is 14.0 Å². The third-order valence-corrected chi connectivity index (χ3v) is 7.24. The molecule has 154 valence electrons. The zero-order valence-electron chi connectivity index (χ0n) is 16.3. The molecule has 1 saturated heterocycles. The number of thioether (sulfide) groups is 2. The van der Waals surface area contributed by atoms with Crippen molar-refractivity contribution in [2.24, 2.45) is 5.92 Å². The maximum Gasteiger partial charge on any atom is 0.407 e. The molecule has 1 heterocycles. The molecule has 1 fully saturated rings. The van der Waals surface area contributed by atoms with E-state index < -0.39 is 30.1 Å². The summed E-state index contributed by atoms with van der Waals surface area (Å²) < 4.78 is 11.3. The van der Waals surface area contributed by atoms with Gasteiger partial charge in [-0.15, -0.1) is 23.5 Å². The monoisotopic (exact) mass is 425 g/mol. The lowest BCUT2D eigenvalue weighted by Crippen LogP contribution is -2.49. The van der Waals surface area contributed by atoms with Crippen molar-refractivity contribution < 1.29 is 24.2 Å². The molecule has 1 aromatic rings. The van der Waals surface area contributed by atoms with Crippen LogP contribution in [0, 0.1) is 5.92 Å². The zero-order valence-corrected chi connectivity index (χ0v) is 18.0. The van der Waals surface area contributed by atoms with E-state index in [0.717, 1.165) is 33.3 Å². The summed E-state index contributed by atoms with van der Waals surface area (Å²) >= 11 is 3.40. The molecule has 0 spiro atoms. The van der Waals surface area contributed by atoms with Gasteiger partial charge in [-0.25, -0.2) is 4.79 Å². The summed E-state index contributed by atoms with van der Waals surface area (Å²) in [6.45, 7) is 3.52. The number of hydrogen-bond donors (Lipinski definition) is 2. The van der Waals surface area contributed by atoms with Gasteiger partial charge in [0.15, 0.2) is 0 Å². The molecule has 2 N–H and O–H groups in total. The molecular formula is C20H27NO5S2. The van der Waals surface area contributed by atoms with Crippen LogP contribution in [0.1, 0.15) is 25.8 Å². The van der Waals surface area contributed by atoms with Crippen LogP contribution in [0.4, 0.5) is 4.79 Å². The minimum atomic E-state index is -0.999. The number of carbonyl (C=O) groups is 2. The highest BCUT2D eigenvalue weighted by Gasteiger charge is 2.37. The van der Waals surface area contributed by atoms with Crippen molar-refractivity contribution in [3.05, 3.63) is 45.7 Å². The van der Waals surface area contributed by atoms with E-state index >= 15 is 0 Å². The van der Waals surface area contributed by atoms with Crippen LogP contribution < -0.4 is 5.32 Å². The number of methoxy groups -OCH3 is 1. The largest absolute Gasteiger partial charge is 0.469 e. The Morgan fingerprint density at radius 2 is 1.86 bits per heavy atom. The Kier molecular flexibility index (Phi) is 9.21. The van der Waals surface area contributed by atoms with Crippen molar-refractivity contribution in [3.8, 4) is 0 Å². The highest BCUT2D eigenvalue weighted by molar-refractivity contribution is 8.22. The Hall–Kier alpha value is -1.64. The van der Waals surface area contributed by atoms with Gasteiger partial charge in [0, 0.05) is 4.24 Å². The predicted octanol–water partition coefficient (Wildman–Crippen LogP) is 3.55. The molecule has 0 aliphatic carbocycles. The second kappa shape index (κ2) is 11.4. The summed E-state index contributed by atoms with van der Waals surface area (Å²) in [6, 6.07) is 8.63. The molecule has 28 heavy (non-hydrogen) atoms. The van der Waals surface area contributed by atoms with Crippen molar-refractivity contribution in [3.63, 3.8) is 0 Å². The highest BCUT2D eigenvalue weighted by Crippen LogP contribution is 2.39. The maximum absolute atomic E-state index is 12.4. The van der Waals surface area contributed by atoms with Crippen LogP contribution in [0.2, 0.25) is 0 Å². The first-order valence-electron chi connectivity index (χ1n) is 9.13. The molecular weight excluding hydrogens is 398 g/mol. The summed E-state index contributed by atoms with van der Waals surface area (Å²) in [7, 11) is 1.27. The molecule has 1 amide bonds. The average molecular weight is 426 g/mol. The van der Waals surface area contributed by atoms with Crippen LogP contribution in [0.15, 0.2) is 40.1 Å². The number of alkyl carbamates (subject to hydrolysis) is 1. The molecule has 0 bridgehead atoms. The normalized spacial score (nSPS) is 17.2. The Morgan fingerprint density at radius 3 is 2.43 bits per heavy atom. The fourth-order valence-electron chi connectivity index (χ4n) is 2.89. The summed E-state index contributed by atoms with van der Waals surface area (Å²) in [4.78, 5) is 24.8. The third-order valence-electron chi connectivity index (χ3n) is 4.38. The van der Waals surface area contributed by atoms with Gasteiger partial charge in [0.1, 0.15) is 12.5 Å². The number of benzene rings is 1. The zero-order chi connectivity index (χ0) is 20.5. The number of esters is 1. The van der Waals surface area contributed by atoms with Crippen LogP contribution in [-0.2, 0) is 20.9 Å². The fourth-order valence-corrected chi connectivity index (χ4v) is 5.57. The van der Waals surface area contributed by atoms with Crippen molar-refractivity contribution >= 4 is 35.6 Å². The molecule has 1 aliphatic heterocycles. The Balaban J connectivity index is 2.19. The number of ether oxygens (including phenoxy) is 2. The predicted molar refractivity (Wildman–Crippen MR) is 113 cm³/mol. The minimum Gasteiger partial charge on any atom is -0.469 e. The number of amides is 1. The minimum absolute atomic E-state index is 0.121. The molecule has 0 saturated carbocycles. The van der Waals surface area contributed by atoms with Crippen LogP contribution in [0.25, 0.3) is 0 Å². The molecule has 3 atom stereocenters. The van der Waals surface area contributed by atoms with Gasteiger partial charge < -0.3 is 19.9 Å². The van der Waals surface area contributed by atoms with Gasteiger partial charge >= 0.3 is 12.1 Å². The van der Waals surface area contributed by atoms with E-state index in [2.05, 4.69) is 5.32 Å². The highest BCUT2D eigenvalue weighted by atomic mass is 32.2. The lowest BCUT2D eigenvalue weighted by molar-refractivity contribution is -0.149. The van der Waals surface area contributed by atoms with Gasteiger partial charge in [-0.05, 0) is 42.9 Å². The summed E-state index contributed by atoms with van der Waals surface area (Å²) in [5.74, 6) is 0.476. The van der Waals surface area contributed by atoms with E-state index in [9.17, 15) is 14.7 Å². The van der Waals surface area contributed by atoms with Crippen molar-refractivity contribution in [2.45, 2.75) is 39.0 Å². The van der Waals surface area contributed by atoms with Crippen molar-refractivity contribution in [2.75, 3.05) is 18.6 Å². The van der Waals surface area contributed by atoms with E-state index in [-0.39, 0.29) is 6.61 Å². The van der Waals surface area contributed by atoms with Gasteiger partial charge in [0.05, 0.1) is 19.3 Å². The van der Waals surface area contributed by atoms with Crippen LogP contribution >= 0.6 is 23.5 Å². The van der Waals surface area contributed by atoms with E-state index in [1.54, 1.807) is 23.5 Å². The quantitative estimate of drug-likeness (QED) is 0.646. The molecule has 8 heteroatoms. The molecule has 0 aromatic heterocycles. The first-order valence-corrected chi connectivity index (χ1v) is 11.1. The van der Waals surface area contributed by atoms with Gasteiger partial charge in [-0.2, -0.15) is 0 Å². The van der Waals surface area contributed by atoms with Crippen molar-refractivity contribution in [1.82, 2.24) is 5.32 Å². The standard InChI is InChI=1S/C20H27NO5S2/c1-13(19-27-10-7-11-28-19)17(16(14(2)22)18(23)25-3)21-20(24)26-12-15-8-5-4-6-9-15/h4-6,8-9,14,16-17,22H,7,10-12H2,1-3H3,(H,21,24)/t14-,16?,17?/m1/s1. The number of nitrogens with one attached hydrogen (secondary N) is 1.